The molecule has 0 N–H and O–H groups in total. The molecule has 0 unspecified atom stereocenters. The van der Waals surface area contributed by atoms with Gasteiger partial charge in [0.1, 0.15) is 0 Å². The molecule has 0 aliphatic carbocycles. The quantitative estimate of drug-likeness (QED) is 0.311. The number of rotatable bonds is 7. The fraction of sp³-hybridized carbons (Fsp3) is 0.700. The average molecular weight is 310 g/mol. The van der Waals surface area contributed by atoms with Gasteiger partial charge in [-0.3, -0.25) is 4.57 Å². The van der Waals surface area contributed by atoms with Crippen molar-refractivity contribution in [2.75, 3.05) is 6.35 Å². The van der Waals surface area contributed by atoms with Crippen molar-refractivity contribution in [1.29, 1.82) is 0 Å². The Kier molecular flexibility index (Phi) is 6.22. The van der Waals surface area contributed by atoms with Crippen LogP contribution in [0.1, 0.15) is 0 Å². The summed E-state index contributed by atoms with van der Waals surface area (Å²) in [6.07, 6.45) is 0.666. The Hall–Kier alpha value is -0.206. The summed E-state index contributed by atoms with van der Waals surface area (Å²) in [6.45, 7) is 14.7. The highest BCUT2D eigenvalue weighted by molar-refractivity contribution is 7.56. The van der Waals surface area contributed by atoms with Crippen molar-refractivity contribution >= 4 is 30.2 Å². The third-order valence-electron chi connectivity index (χ3n) is 1.36. The van der Waals surface area contributed by atoms with E-state index < -0.39 is 30.2 Å². The molecule has 0 atom stereocenters. The average Bonchev–Trinajstić information content (AvgIpc) is 2.07. The van der Waals surface area contributed by atoms with Crippen LogP contribution in [0.5, 0.6) is 0 Å². The van der Waals surface area contributed by atoms with E-state index >= 15 is 0 Å². The Morgan fingerprint density at radius 2 is 1.50 bits per heavy atom. The molecule has 0 aromatic rings. The van der Waals surface area contributed by atoms with Crippen LogP contribution in [0.3, 0.4) is 0 Å². The summed E-state index contributed by atoms with van der Waals surface area (Å²) in [5.74, 6) is -0.631. The second kappa shape index (κ2) is 6.30. The maximum Gasteiger partial charge on any atom is 0.348 e. The van der Waals surface area contributed by atoms with Crippen LogP contribution < -0.4 is 0 Å². The fourth-order valence-corrected chi connectivity index (χ4v) is 8.98. The Bertz CT molecular complexity index is 336. The molecule has 0 aromatic carbocycles. The Morgan fingerprint density at radius 3 is 1.78 bits per heavy atom. The third-order valence-corrected chi connectivity index (χ3v) is 8.41. The van der Waals surface area contributed by atoms with E-state index in [9.17, 15) is 9.36 Å². The first-order valence-electron chi connectivity index (χ1n) is 5.67. The van der Waals surface area contributed by atoms with Crippen LogP contribution in [0.25, 0.3) is 0 Å². The molecule has 0 spiro atoms. The minimum absolute atomic E-state index is 0.355. The van der Waals surface area contributed by atoms with E-state index in [2.05, 4.69) is 6.58 Å². The summed E-state index contributed by atoms with van der Waals surface area (Å²) in [6, 6.07) is 0. The lowest BCUT2D eigenvalue weighted by molar-refractivity contribution is -0.136. The molecule has 8 heteroatoms. The predicted molar refractivity (Wildman–Crippen MR) is 77.6 cm³/mol. The highest BCUT2D eigenvalue weighted by Gasteiger charge is 2.37. The van der Waals surface area contributed by atoms with Crippen LogP contribution in [0.2, 0.25) is 39.3 Å². The van der Waals surface area contributed by atoms with Crippen LogP contribution >= 0.6 is 7.60 Å². The molecular weight excluding hydrogens is 287 g/mol. The molecular formula is C10H23O5PSi2. The van der Waals surface area contributed by atoms with Crippen LogP contribution in [0.4, 0.5) is 0 Å². The second-order valence-electron chi connectivity index (χ2n) is 5.81. The molecule has 0 aliphatic heterocycles. The van der Waals surface area contributed by atoms with Crippen molar-refractivity contribution in [2.45, 2.75) is 39.3 Å². The number of carbonyl (C=O) groups is 1. The maximum atomic E-state index is 12.6. The highest BCUT2D eigenvalue weighted by Crippen LogP contribution is 2.52. The van der Waals surface area contributed by atoms with Gasteiger partial charge in [-0.2, -0.15) is 0 Å². The molecule has 0 rings (SSSR count). The van der Waals surface area contributed by atoms with Crippen molar-refractivity contribution in [3.05, 3.63) is 12.7 Å². The Labute approximate surface area is 111 Å². The second-order valence-corrected chi connectivity index (χ2v) is 17.2. The fourth-order valence-electron chi connectivity index (χ4n) is 1.11. The van der Waals surface area contributed by atoms with Gasteiger partial charge in [0.05, 0.1) is 0 Å². The first-order chi connectivity index (χ1) is 7.87. The molecule has 0 bridgehead atoms. The summed E-state index contributed by atoms with van der Waals surface area (Å²) in [4.78, 5) is 11.0. The van der Waals surface area contributed by atoms with E-state index in [-0.39, 0.29) is 6.35 Å². The Balaban J connectivity index is 4.87. The van der Waals surface area contributed by atoms with Crippen LogP contribution in [0, 0.1) is 0 Å². The monoisotopic (exact) mass is 310 g/mol. The molecule has 0 radical (unpaired) electrons. The van der Waals surface area contributed by atoms with Crippen LogP contribution in [-0.2, 0) is 22.5 Å². The smallest absolute Gasteiger partial charge is 0.348 e. The van der Waals surface area contributed by atoms with Crippen molar-refractivity contribution < 1.29 is 22.5 Å². The number of esters is 1. The normalized spacial score (nSPS) is 13.2. The zero-order chi connectivity index (χ0) is 14.6. The Morgan fingerprint density at radius 1 is 1.11 bits per heavy atom. The van der Waals surface area contributed by atoms with E-state index in [0.29, 0.717) is 0 Å². The maximum absolute atomic E-state index is 12.6. The van der Waals surface area contributed by atoms with Crippen molar-refractivity contribution in [3.8, 4) is 0 Å². The van der Waals surface area contributed by atoms with Gasteiger partial charge < -0.3 is 13.2 Å². The molecule has 18 heavy (non-hydrogen) atoms. The van der Waals surface area contributed by atoms with E-state index in [1.807, 2.05) is 39.3 Å². The molecule has 0 fully saturated rings. The van der Waals surface area contributed by atoms with Gasteiger partial charge in [-0.05, 0) is 39.3 Å². The molecule has 5 nitrogen and oxygen atoms in total. The number of hydrogen-bond acceptors (Lipinski definition) is 5. The molecule has 0 saturated heterocycles. The largest absolute Gasteiger partial charge is 0.450 e. The van der Waals surface area contributed by atoms with Crippen molar-refractivity contribution in [1.82, 2.24) is 0 Å². The van der Waals surface area contributed by atoms with Crippen molar-refractivity contribution in [3.63, 3.8) is 0 Å². The standard InChI is InChI=1S/C10H23O5PSi2/c1-8-10(11)13-9-16(12,14-17(2,3)4)15-18(5,6)7/h8H,1,9H2,2-7H3. The van der Waals surface area contributed by atoms with E-state index in [4.69, 9.17) is 13.2 Å². The van der Waals surface area contributed by atoms with E-state index in [1.54, 1.807) is 0 Å². The van der Waals surface area contributed by atoms with Crippen LogP contribution in [-0.4, -0.2) is 29.0 Å². The molecule has 106 valence electrons. The lowest BCUT2D eigenvalue weighted by Gasteiger charge is -2.30. The summed E-state index contributed by atoms with van der Waals surface area (Å²) in [7, 11) is -7.51. The number of carbonyl (C=O) groups excluding carboxylic acids is 1. The van der Waals surface area contributed by atoms with Gasteiger partial charge >= 0.3 is 13.6 Å². The van der Waals surface area contributed by atoms with Gasteiger partial charge in [0, 0.05) is 6.08 Å². The molecule has 0 saturated carbocycles. The van der Waals surface area contributed by atoms with Gasteiger partial charge in [-0.25, -0.2) is 4.79 Å². The van der Waals surface area contributed by atoms with Gasteiger partial charge in [0.2, 0.25) is 0 Å². The number of ether oxygens (including phenoxy) is 1. The van der Waals surface area contributed by atoms with E-state index in [0.717, 1.165) is 6.08 Å². The van der Waals surface area contributed by atoms with Gasteiger partial charge in [-0.15, -0.1) is 0 Å². The first kappa shape index (κ1) is 17.8. The van der Waals surface area contributed by atoms with Gasteiger partial charge in [0.15, 0.2) is 23.0 Å². The summed E-state index contributed by atoms with van der Waals surface area (Å²) < 4.78 is 28.6. The highest BCUT2D eigenvalue weighted by atomic mass is 31.2. The lowest BCUT2D eigenvalue weighted by Crippen LogP contribution is -2.31. The van der Waals surface area contributed by atoms with Gasteiger partial charge in [0.25, 0.3) is 0 Å². The van der Waals surface area contributed by atoms with E-state index in [1.165, 1.54) is 0 Å². The minimum atomic E-state index is -3.40. The summed E-state index contributed by atoms with van der Waals surface area (Å²) in [5, 5.41) is 0. The van der Waals surface area contributed by atoms with Crippen LogP contribution in [0.15, 0.2) is 12.7 Å². The SMILES string of the molecule is C=CC(=O)OCP(=O)(O[Si](C)(C)C)O[Si](C)(C)C. The van der Waals surface area contributed by atoms with Crippen molar-refractivity contribution in [2.24, 2.45) is 0 Å². The zero-order valence-electron chi connectivity index (χ0n) is 12.0. The third kappa shape index (κ3) is 8.82. The van der Waals surface area contributed by atoms with Gasteiger partial charge in [-0.1, -0.05) is 6.58 Å². The molecule has 0 amide bonds. The predicted octanol–water partition coefficient (Wildman–Crippen LogP) is 3.57. The minimum Gasteiger partial charge on any atom is -0.450 e. The molecule has 0 heterocycles. The lowest BCUT2D eigenvalue weighted by atomic mass is 10.7. The topological polar surface area (TPSA) is 61.8 Å². The number of hydrogen-bond donors (Lipinski definition) is 0. The summed E-state index contributed by atoms with van der Waals surface area (Å²) >= 11 is 0. The first-order valence-corrected chi connectivity index (χ1v) is 14.2. The molecule has 0 aromatic heterocycles. The molecule has 0 aliphatic rings. The zero-order valence-corrected chi connectivity index (χ0v) is 14.9. The summed E-state index contributed by atoms with van der Waals surface area (Å²) in [5.41, 5.74) is 0.